The van der Waals surface area contributed by atoms with Crippen LogP contribution in [0.25, 0.3) is 0 Å². The number of piperazine rings is 1. The van der Waals surface area contributed by atoms with Crippen LogP contribution in [0.2, 0.25) is 0 Å². The van der Waals surface area contributed by atoms with Crippen molar-refractivity contribution in [2.24, 2.45) is 29.2 Å². The van der Waals surface area contributed by atoms with Gasteiger partial charge in [0.1, 0.15) is 15.7 Å². The second-order valence-electron chi connectivity index (χ2n) is 18.6. The van der Waals surface area contributed by atoms with Crippen LogP contribution in [-0.4, -0.2) is 114 Å². The molecule has 4 aliphatic heterocycles. The first-order valence-corrected chi connectivity index (χ1v) is 23.8. The van der Waals surface area contributed by atoms with E-state index in [1.54, 1.807) is 19.4 Å². The summed E-state index contributed by atoms with van der Waals surface area (Å²) in [5.74, 6) is 0.248. The third kappa shape index (κ3) is 8.44. The smallest absolute Gasteiger partial charge is 0.286 e. The molecule has 3 fully saturated rings. The third-order valence-corrected chi connectivity index (χ3v) is 16.2. The van der Waals surface area contributed by atoms with Crippen molar-refractivity contribution in [2.75, 3.05) is 76.9 Å². The number of nitrogens with one attached hydrogen (secondary N) is 1. The molecular weight excluding hydrogens is 777 g/mol. The summed E-state index contributed by atoms with van der Waals surface area (Å²) in [4.78, 5) is 35.7. The number of carbonyl (C=O) groups is 2. The third-order valence-electron chi connectivity index (χ3n) is 14.2. The van der Waals surface area contributed by atoms with Crippen molar-refractivity contribution in [1.29, 1.82) is 0 Å². The highest BCUT2D eigenvalue weighted by molar-refractivity contribution is 7.92. The Hall–Kier alpha value is -4.01. The number of ether oxygens (including phenoxy) is 3. The maximum Gasteiger partial charge on any atom is 0.286 e. The number of carbonyl (C=O) groups excluding carboxylic acids is 2. The van der Waals surface area contributed by atoms with E-state index in [1.165, 1.54) is 16.7 Å². The van der Waals surface area contributed by atoms with Gasteiger partial charge in [-0.15, -0.1) is 4.36 Å². The Morgan fingerprint density at radius 2 is 1.98 bits per heavy atom. The van der Waals surface area contributed by atoms with E-state index >= 15 is 0 Å². The molecule has 60 heavy (non-hydrogen) atoms. The molecule has 2 saturated heterocycles. The average Bonchev–Trinajstić information content (AvgIpc) is 3.51. The molecule has 1 unspecified atom stereocenters. The predicted molar refractivity (Wildman–Crippen MR) is 234 cm³/mol. The van der Waals surface area contributed by atoms with Gasteiger partial charge in [0, 0.05) is 88.9 Å². The van der Waals surface area contributed by atoms with Crippen LogP contribution >= 0.6 is 0 Å². The minimum absolute atomic E-state index is 0.0214. The van der Waals surface area contributed by atoms with Crippen molar-refractivity contribution in [1.82, 2.24) is 19.1 Å². The zero-order valence-corrected chi connectivity index (χ0v) is 36.6. The maximum atomic E-state index is 14.9. The Kier molecular flexibility index (Phi) is 11.7. The number of nitrogens with zero attached hydrogens (tertiary/aromatic N) is 5. The molecule has 1 saturated carbocycles. The predicted octanol–water partition coefficient (Wildman–Crippen LogP) is 5.91. The number of benzene rings is 2. The molecule has 2 bridgehead atoms. The first-order chi connectivity index (χ1) is 29.0. The summed E-state index contributed by atoms with van der Waals surface area (Å²) in [6, 6.07) is 14.6. The summed E-state index contributed by atoms with van der Waals surface area (Å²) in [6.07, 6.45) is 12.0. The number of hydrogen-bond acceptors (Lipinski definition) is 9. The quantitative estimate of drug-likeness (QED) is 0.313. The lowest BCUT2D eigenvalue weighted by atomic mass is 9.68. The molecule has 3 aromatic rings. The van der Waals surface area contributed by atoms with Crippen molar-refractivity contribution in [3.05, 3.63) is 94.3 Å². The highest BCUT2D eigenvalue weighted by Crippen LogP contribution is 2.47. The van der Waals surface area contributed by atoms with Crippen LogP contribution in [0.15, 0.2) is 65.2 Å². The van der Waals surface area contributed by atoms with Crippen molar-refractivity contribution in [2.45, 2.75) is 76.5 Å². The van der Waals surface area contributed by atoms with E-state index in [4.69, 9.17) is 14.2 Å². The number of amides is 2. The first-order valence-electron chi connectivity index (χ1n) is 22.1. The molecule has 6 aliphatic rings. The fraction of sp³-hybridized carbons (Fsp3) is 0.574. The van der Waals surface area contributed by atoms with Crippen LogP contribution in [0.3, 0.4) is 0 Å². The van der Waals surface area contributed by atoms with Crippen LogP contribution in [-0.2, 0) is 44.8 Å². The van der Waals surface area contributed by atoms with E-state index in [2.05, 4.69) is 61.1 Å². The van der Waals surface area contributed by atoms with Gasteiger partial charge in [0.15, 0.2) is 0 Å². The summed E-state index contributed by atoms with van der Waals surface area (Å²) in [6.45, 7) is 12.3. The Bertz CT molecular complexity index is 2260. The zero-order chi connectivity index (χ0) is 41.6. The molecule has 13 heteroatoms. The number of aromatic nitrogens is 1. The van der Waals surface area contributed by atoms with Crippen molar-refractivity contribution < 1.29 is 28.0 Å². The second kappa shape index (κ2) is 17.0. The Morgan fingerprint density at radius 3 is 2.82 bits per heavy atom. The average molecular weight is 839 g/mol. The summed E-state index contributed by atoms with van der Waals surface area (Å²) in [5, 5.41) is 0. The van der Waals surface area contributed by atoms with Gasteiger partial charge in [0.25, 0.3) is 11.8 Å². The van der Waals surface area contributed by atoms with Crippen LogP contribution in [0.1, 0.15) is 82.1 Å². The highest BCUT2D eigenvalue weighted by atomic mass is 32.2. The van der Waals surface area contributed by atoms with Gasteiger partial charge in [-0.05, 0) is 98.6 Å². The Labute approximate surface area is 355 Å². The summed E-state index contributed by atoms with van der Waals surface area (Å²) in [7, 11) is 0.162. The minimum atomic E-state index is -3.56. The molecule has 7 atom stereocenters. The molecular formula is C47H62N6O6S. The van der Waals surface area contributed by atoms with Crippen molar-refractivity contribution in [3.8, 4) is 5.75 Å². The monoisotopic (exact) mass is 838 g/mol. The van der Waals surface area contributed by atoms with Crippen LogP contribution in [0.5, 0.6) is 5.75 Å². The number of hydrogen-bond donors (Lipinski definition) is 1. The molecule has 1 N–H and O–H groups in total. The number of aryl methyl sites for hydroxylation is 3. The highest BCUT2D eigenvalue weighted by Gasteiger charge is 2.44. The Morgan fingerprint density at radius 1 is 1.10 bits per heavy atom. The van der Waals surface area contributed by atoms with Crippen molar-refractivity contribution in [3.63, 3.8) is 0 Å². The van der Waals surface area contributed by atoms with E-state index in [0.717, 1.165) is 102 Å². The maximum absolute atomic E-state index is 14.9. The fourth-order valence-corrected chi connectivity index (χ4v) is 12.7. The molecule has 322 valence electrons. The number of allylic oxidation sites excluding steroid dienone is 1. The fourth-order valence-electron chi connectivity index (χ4n) is 10.8. The van der Waals surface area contributed by atoms with Gasteiger partial charge in [-0.2, -0.15) is 0 Å². The molecule has 1 aromatic heterocycles. The van der Waals surface area contributed by atoms with Gasteiger partial charge in [0.2, 0.25) is 0 Å². The van der Waals surface area contributed by atoms with E-state index in [9.17, 15) is 13.8 Å². The summed E-state index contributed by atoms with van der Waals surface area (Å²) in [5.41, 5.74) is 6.38. The molecule has 5 heterocycles. The SMILES string of the molecule is CO[C@H]1/C=C/C[C@H](C)CS(=O)(NC(=O)c2cc(CN3CCN4CCOC[C@@H]4C3)n(C)c2)=NC(=O)c2ccc3c(c2)N(C[C@@H]2CC[C@H]21)C[C@@]1(CCCc2cc(C)ccc21)CO3. The van der Waals surface area contributed by atoms with E-state index in [-0.39, 0.29) is 23.2 Å². The molecule has 0 radical (unpaired) electrons. The second-order valence-corrected chi connectivity index (χ2v) is 20.6. The largest absolute Gasteiger partial charge is 0.490 e. The van der Waals surface area contributed by atoms with E-state index in [1.807, 2.05) is 36.7 Å². The van der Waals surface area contributed by atoms with Gasteiger partial charge in [-0.25, -0.2) is 4.21 Å². The number of methoxy groups -OCH3 is 1. The number of morpholine rings is 1. The van der Waals surface area contributed by atoms with E-state index < -0.39 is 21.7 Å². The normalized spacial score (nSPS) is 31.7. The molecule has 1 spiro atoms. The molecule has 2 amide bonds. The van der Waals surface area contributed by atoms with Crippen LogP contribution in [0.4, 0.5) is 5.69 Å². The number of anilines is 1. The lowest BCUT2D eigenvalue weighted by Gasteiger charge is -2.46. The summed E-state index contributed by atoms with van der Waals surface area (Å²) < 4.78 is 42.7. The topological polar surface area (TPSA) is 118 Å². The van der Waals surface area contributed by atoms with Crippen LogP contribution in [0, 0.1) is 24.7 Å². The van der Waals surface area contributed by atoms with Crippen molar-refractivity contribution >= 4 is 27.4 Å². The molecule has 2 aliphatic carbocycles. The molecule has 2 aromatic carbocycles. The minimum Gasteiger partial charge on any atom is -0.490 e. The van der Waals surface area contributed by atoms with Gasteiger partial charge in [0.05, 0.1) is 42.9 Å². The first kappa shape index (κ1) is 41.3. The molecule has 9 rings (SSSR count). The Balaban J connectivity index is 1.02. The van der Waals surface area contributed by atoms with Gasteiger partial charge < -0.3 is 23.7 Å². The zero-order valence-electron chi connectivity index (χ0n) is 35.8. The lowest BCUT2D eigenvalue weighted by molar-refractivity contribution is -0.0464. The summed E-state index contributed by atoms with van der Waals surface area (Å²) >= 11 is 0. The number of rotatable bonds is 5. The molecule has 12 nitrogen and oxygen atoms in total. The number of fused-ring (bicyclic) bond motifs is 5. The lowest BCUT2D eigenvalue weighted by Crippen LogP contribution is -2.57. The van der Waals surface area contributed by atoms with Gasteiger partial charge in [-0.1, -0.05) is 42.8 Å². The van der Waals surface area contributed by atoms with E-state index in [0.29, 0.717) is 48.6 Å². The standard InChI is InChI=1S/C47H62N6O6S/c1-32-10-14-41-34(21-32)8-6-16-47(41)30-53-25-36-11-13-40(36)43(57-4)9-5-7-33(2)29-60(56,48-45(54)35-12-15-44(59-31-47)42(53)23-35)49-46(55)37-22-38(50(3)24-37)26-51-17-18-52-19-20-58-28-39(52)27-51/h5,9-10,12,14-15,21-24,33,36,39-40,43H,6-8,11,13,16-20,25-31H2,1-4H3,(H,48,49,54,55,56)/b9-5+/t33-,36-,39-,40+,43-,47-,60?/m0/s1. The van der Waals surface area contributed by atoms with Crippen LogP contribution < -0.4 is 14.4 Å². The van der Waals surface area contributed by atoms with Gasteiger partial charge >= 0.3 is 0 Å². The van der Waals surface area contributed by atoms with Gasteiger partial charge in [-0.3, -0.25) is 24.1 Å².